The topological polar surface area (TPSA) is 70.2 Å². The van der Waals surface area contributed by atoms with Crippen LogP contribution >= 0.6 is 0 Å². The van der Waals surface area contributed by atoms with Crippen molar-refractivity contribution < 1.29 is 14.0 Å². The van der Waals surface area contributed by atoms with Crippen molar-refractivity contribution in [1.29, 1.82) is 0 Å². The molecule has 5 nitrogen and oxygen atoms in total. The van der Waals surface area contributed by atoms with E-state index in [1.807, 2.05) is 13.8 Å². The Bertz CT molecular complexity index is 539. The number of piperidine rings is 1. The fourth-order valence-electron chi connectivity index (χ4n) is 2.63. The highest BCUT2D eigenvalue weighted by Crippen LogP contribution is 2.08. The first kappa shape index (κ1) is 17.4. The molecule has 3 N–H and O–H groups in total. The van der Waals surface area contributed by atoms with Gasteiger partial charge in [0.2, 0.25) is 5.91 Å². The van der Waals surface area contributed by atoms with E-state index in [4.69, 9.17) is 0 Å². The summed E-state index contributed by atoms with van der Waals surface area (Å²) in [6.07, 6.45) is 1.97. The Morgan fingerprint density at radius 1 is 1.26 bits per heavy atom. The van der Waals surface area contributed by atoms with Crippen LogP contribution in [-0.4, -0.2) is 37.0 Å². The molecule has 2 rings (SSSR count). The standard InChI is InChI=1S/C17H24FN3O2/c1-11(2)15(17(23)20-14-4-3-9-19-10-14)21-16(22)12-5-7-13(18)8-6-12/h5-8,11,14-15,19H,3-4,9-10H2,1-2H3,(H,20,23)(H,21,22). The lowest BCUT2D eigenvalue weighted by Crippen LogP contribution is -2.54. The number of halogens is 1. The van der Waals surface area contributed by atoms with Gasteiger partial charge in [-0.05, 0) is 49.6 Å². The molecule has 0 aliphatic carbocycles. The van der Waals surface area contributed by atoms with Gasteiger partial charge in [-0.25, -0.2) is 4.39 Å². The van der Waals surface area contributed by atoms with Crippen LogP contribution in [0.25, 0.3) is 0 Å². The minimum Gasteiger partial charge on any atom is -0.350 e. The second-order valence-corrected chi connectivity index (χ2v) is 6.25. The highest BCUT2D eigenvalue weighted by Gasteiger charge is 2.27. The molecule has 0 radical (unpaired) electrons. The smallest absolute Gasteiger partial charge is 0.251 e. The van der Waals surface area contributed by atoms with E-state index in [9.17, 15) is 14.0 Å². The molecule has 0 saturated carbocycles. The fraction of sp³-hybridized carbons (Fsp3) is 0.529. The first-order chi connectivity index (χ1) is 11.0. The summed E-state index contributed by atoms with van der Waals surface area (Å²) in [5.41, 5.74) is 0.337. The number of benzene rings is 1. The molecule has 2 amide bonds. The average molecular weight is 321 g/mol. The lowest BCUT2D eigenvalue weighted by molar-refractivity contribution is -0.124. The normalized spacial score (nSPS) is 19.2. The molecule has 6 heteroatoms. The van der Waals surface area contributed by atoms with Crippen LogP contribution in [0.3, 0.4) is 0 Å². The molecule has 23 heavy (non-hydrogen) atoms. The second-order valence-electron chi connectivity index (χ2n) is 6.25. The Kier molecular flexibility index (Phi) is 6.10. The van der Waals surface area contributed by atoms with E-state index in [1.54, 1.807) is 0 Å². The van der Waals surface area contributed by atoms with Crippen LogP contribution in [0.5, 0.6) is 0 Å². The van der Waals surface area contributed by atoms with Crippen molar-refractivity contribution >= 4 is 11.8 Å². The molecule has 0 aromatic heterocycles. The summed E-state index contributed by atoms with van der Waals surface area (Å²) in [6, 6.07) is 4.76. The number of hydrogen-bond donors (Lipinski definition) is 3. The molecular weight excluding hydrogens is 297 g/mol. The molecular formula is C17H24FN3O2. The lowest BCUT2D eigenvalue weighted by atomic mass is 10.0. The molecule has 1 aromatic rings. The Morgan fingerprint density at radius 2 is 1.96 bits per heavy atom. The molecule has 1 heterocycles. The molecule has 2 unspecified atom stereocenters. The summed E-state index contributed by atoms with van der Waals surface area (Å²) >= 11 is 0. The van der Waals surface area contributed by atoms with Gasteiger partial charge >= 0.3 is 0 Å². The highest BCUT2D eigenvalue weighted by atomic mass is 19.1. The van der Waals surface area contributed by atoms with Crippen molar-refractivity contribution in [2.45, 2.75) is 38.8 Å². The minimum atomic E-state index is -0.616. The highest BCUT2D eigenvalue weighted by molar-refractivity contribution is 5.97. The largest absolute Gasteiger partial charge is 0.350 e. The van der Waals surface area contributed by atoms with Gasteiger partial charge in [0, 0.05) is 18.2 Å². The predicted molar refractivity (Wildman–Crippen MR) is 86.5 cm³/mol. The Balaban J connectivity index is 1.98. The van der Waals surface area contributed by atoms with Gasteiger partial charge in [0.25, 0.3) is 5.91 Å². The number of amides is 2. The van der Waals surface area contributed by atoms with Crippen molar-refractivity contribution in [3.8, 4) is 0 Å². The van der Waals surface area contributed by atoms with Crippen LogP contribution in [0.2, 0.25) is 0 Å². The molecule has 1 aromatic carbocycles. The SMILES string of the molecule is CC(C)C(NC(=O)c1ccc(F)cc1)C(=O)NC1CCCNC1. The molecule has 0 bridgehead atoms. The van der Waals surface area contributed by atoms with Gasteiger partial charge in [-0.2, -0.15) is 0 Å². The number of carbonyl (C=O) groups is 2. The first-order valence-electron chi connectivity index (χ1n) is 8.05. The quantitative estimate of drug-likeness (QED) is 0.769. The molecule has 126 valence electrons. The number of hydrogen-bond acceptors (Lipinski definition) is 3. The number of carbonyl (C=O) groups excluding carboxylic acids is 2. The van der Waals surface area contributed by atoms with E-state index in [0.29, 0.717) is 5.56 Å². The average Bonchev–Trinajstić information content (AvgIpc) is 2.53. The first-order valence-corrected chi connectivity index (χ1v) is 8.05. The van der Waals surface area contributed by atoms with E-state index in [0.717, 1.165) is 25.9 Å². The Hall–Kier alpha value is -1.95. The predicted octanol–water partition coefficient (Wildman–Crippen LogP) is 1.45. The van der Waals surface area contributed by atoms with E-state index in [2.05, 4.69) is 16.0 Å². The molecule has 1 fully saturated rings. The van der Waals surface area contributed by atoms with Gasteiger partial charge < -0.3 is 16.0 Å². The van der Waals surface area contributed by atoms with Crippen molar-refractivity contribution in [3.05, 3.63) is 35.6 Å². The van der Waals surface area contributed by atoms with E-state index < -0.39 is 11.9 Å². The maximum Gasteiger partial charge on any atom is 0.251 e. The monoisotopic (exact) mass is 321 g/mol. The van der Waals surface area contributed by atoms with Gasteiger partial charge in [0.05, 0.1) is 0 Å². The van der Waals surface area contributed by atoms with Crippen LogP contribution in [0.4, 0.5) is 4.39 Å². The Labute approximate surface area is 136 Å². The molecule has 0 spiro atoms. The third kappa shape index (κ3) is 5.03. The van der Waals surface area contributed by atoms with E-state index >= 15 is 0 Å². The van der Waals surface area contributed by atoms with Crippen molar-refractivity contribution in [2.75, 3.05) is 13.1 Å². The van der Waals surface area contributed by atoms with Crippen LogP contribution in [0.15, 0.2) is 24.3 Å². The number of nitrogens with one attached hydrogen (secondary N) is 3. The van der Waals surface area contributed by atoms with Crippen molar-refractivity contribution in [1.82, 2.24) is 16.0 Å². The molecule has 1 aliphatic heterocycles. The maximum absolute atomic E-state index is 12.9. The summed E-state index contributed by atoms with van der Waals surface area (Å²) in [4.78, 5) is 24.7. The van der Waals surface area contributed by atoms with Crippen LogP contribution in [-0.2, 0) is 4.79 Å². The second kappa shape index (κ2) is 8.06. The van der Waals surface area contributed by atoms with Gasteiger partial charge in [-0.1, -0.05) is 13.8 Å². The minimum absolute atomic E-state index is 0.0454. The van der Waals surface area contributed by atoms with Crippen molar-refractivity contribution in [3.63, 3.8) is 0 Å². The molecule has 1 saturated heterocycles. The summed E-state index contributed by atoms with van der Waals surface area (Å²) in [6.45, 7) is 5.49. The zero-order valence-corrected chi connectivity index (χ0v) is 13.6. The Morgan fingerprint density at radius 3 is 2.52 bits per heavy atom. The van der Waals surface area contributed by atoms with Gasteiger partial charge in [0.15, 0.2) is 0 Å². The zero-order chi connectivity index (χ0) is 16.8. The third-order valence-electron chi connectivity index (χ3n) is 3.99. The maximum atomic E-state index is 12.9. The van der Waals surface area contributed by atoms with E-state index in [1.165, 1.54) is 24.3 Å². The third-order valence-corrected chi connectivity index (χ3v) is 3.99. The lowest BCUT2D eigenvalue weighted by Gasteiger charge is -2.28. The van der Waals surface area contributed by atoms with Gasteiger partial charge in [0.1, 0.15) is 11.9 Å². The summed E-state index contributed by atoms with van der Waals surface area (Å²) < 4.78 is 12.9. The fourth-order valence-corrected chi connectivity index (χ4v) is 2.63. The van der Waals surface area contributed by atoms with Crippen molar-refractivity contribution in [2.24, 2.45) is 5.92 Å². The number of rotatable bonds is 5. The summed E-state index contributed by atoms with van der Waals surface area (Å²) in [7, 11) is 0. The zero-order valence-electron chi connectivity index (χ0n) is 13.6. The molecule has 2 atom stereocenters. The van der Waals surface area contributed by atoms with Gasteiger partial charge in [-0.3, -0.25) is 9.59 Å². The molecule has 1 aliphatic rings. The van der Waals surface area contributed by atoms with E-state index in [-0.39, 0.29) is 23.8 Å². The summed E-state index contributed by atoms with van der Waals surface area (Å²) in [5, 5.41) is 8.98. The van der Waals surface area contributed by atoms with Crippen LogP contribution in [0, 0.1) is 11.7 Å². The summed E-state index contributed by atoms with van der Waals surface area (Å²) in [5.74, 6) is -0.995. The van der Waals surface area contributed by atoms with Gasteiger partial charge in [-0.15, -0.1) is 0 Å². The van der Waals surface area contributed by atoms with Crippen LogP contribution in [0.1, 0.15) is 37.0 Å². The van der Waals surface area contributed by atoms with Crippen LogP contribution < -0.4 is 16.0 Å².